The van der Waals surface area contributed by atoms with Crippen LogP contribution in [0.2, 0.25) is 5.02 Å². The lowest BCUT2D eigenvalue weighted by molar-refractivity contribution is 0.282. The second-order valence-corrected chi connectivity index (χ2v) is 5.31. The summed E-state index contributed by atoms with van der Waals surface area (Å²) in [5, 5.41) is 9.48. The van der Waals surface area contributed by atoms with E-state index in [-0.39, 0.29) is 12.4 Å². The van der Waals surface area contributed by atoms with Crippen LogP contribution < -0.4 is 0 Å². The number of rotatable bonds is 4. The average Bonchev–Trinajstić information content (AvgIpc) is 2.40. The van der Waals surface area contributed by atoms with Gasteiger partial charge in [-0.2, -0.15) is 0 Å². The van der Waals surface area contributed by atoms with Crippen LogP contribution in [0, 0.1) is 5.82 Å². The largest absolute Gasteiger partial charge is 0.392 e. The van der Waals surface area contributed by atoms with Crippen molar-refractivity contribution in [2.75, 3.05) is 0 Å². The molecule has 0 aliphatic rings. The van der Waals surface area contributed by atoms with Crippen molar-refractivity contribution in [2.24, 2.45) is 0 Å². The summed E-state index contributed by atoms with van der Waals surface area (Å²) in [6.45, 7) is 0.0356. The molecule has 0 radical (unpaired) electrons. The van der Waals surface area contributed by atoms with E-state index in [0.717, 1.165) is 10.5 Å². The van der Waals surface area contributed by atoms with E-state index in [9.17, 15) is 4.39 Å². The summed E-state index contributed by atoms with van der Waals surface area (Å²) < 4.78 is 13.5. The lowest BCUT2D eigenvalue weighted by Gasteiger charge is -2.05. The van der Waals surface area contributed by atoms with Crippen LogP contribution in [0.1, 0.15) is 11.1 Å². The van der Waals surface area contributed by atoms with Gasteiger partial charge in [-0.15, -0.1) is 11.8 Å². The number of aliphatic hydroxyl groups excluding tert-OH is 1. The first-order valence-corrected chi connectivity index (χ1v) is 6.82. The van der Waals surface area contributed by atoms with Gasteiger partial charge in [-0.25, -0.2) is 4.39 Å². The smallest absolute Gasteiger partial charge is 0.127 e. The fraction of sp³-hybridized carbons (Fsp3) is 0.143. The minimum atomic E-state index is -0.237. The Labute approximate surface area is 115 Å². The molecule has 0 fully saturated rings. The molecule has 1 N–H and O–H groups in total. The van der Waals surface area contributed by atoms with Crippen LogP contribution in [-0.2, 0) is 12.4 Å². The quantitative estimate of drug-likeness (QED) is 0.846. The first-order valence-electron chi connectivity index (χ1n) is 5.45. The Bertz CT molecular complexity index is 528. The summed E-state index contributed by atoms with van der Waals surface area (Å²) in [6.07, 6.45) is 0. The van der Waals surface area contributed by atoms with Crippen molar-refractivity contribution in [2.45, 2.75) is 17.3 Å². The molecule has 0 saturated carbocycles. The maximum atomic E-state index is 13.5. The molecule has 2 rings (SSSR count). The molecule has 2 aromatic rings. The van der Waals surface area contributed by atoms with E-state index >= 15 is 0 Å². The molecule has 0 spiro atoms. The zero-order valence-corrected chi connectivity index (χ0v) is 11.1. The van der Waals surface area contributed by atoms with E-state index in [4.69, 9.17) is 16.7 Å². The fourth-order valence-corrected chi connectivity index (χ4v) is 2.57. The first-order chi connectivity index (χ1) is 8.69. The van der Waals surface area contributed by atoms with Crippen molar-refractivity contribution in [1.29, 1.82) is 0 Å². The van der Waals surface area contributed by atoms with Gasteiger partial charge < -0.3 is 5.11 Å². The van der Waals surface area contributed by atoms with Crippen molar-refractivity contribution >= 4 is 23.4 Å². The van der Waals surface area contributed by atoms with Crippen molar-refractivity contribution in [3.63, 3.8) is 0 Å². The Morgan fingerprint density at radius 3 is 2.50 bits per heavy atom. The van der Waals surface area contributed by atoms with Gasteiger partial charge in [-0.05, 0) is 41.5 Å². The number of thioether (sulfide) groups is 1. The van der Waals surface area contributed by atoms with E-state index < -0.39 is 0 Å². The maximum Gasteiger partial charge on any atom is 0.127 e. The van der Waals surface area contributed by atoms with Gasteiger partial charge in [0.05, 0.1) is 6.61 Å². The van der Waals surface area contributed by atoms with E-state index in [2.05, 4.69) is 0 Å². The van der Waals surface area contributed by atoms with Gasteiger partial charge in [0, 0.05) is 15.7 Å². The zero-order chi connectivity index (χ0) is 13.0. The summed E-state index contributed by atoms with van der Waals surface area (Å²) >= 11 is 7.37. The lowest BCUT2D eigenvalue weighted by Crippen LogP contribution is -1.87. The Morgan fingerprint density at radius 1 is 1.11 bits per heavy atom. The van der Waals surface area contributed by atoms with Crippen LogP contribution in [-0.4, -0.2) is 5.11 Å². The van der Waals surface area contributed by atoms with Crippen LogP contribution in [0.4, 0.5) is 4.39 Å². The van der Waals surface area contributed by atoms with Crippen LogP contribution in [0.15, 0.2) is 47.4 Å². The third-order valence-electron chi connectivity index (χ3n) is 2.51. The Morgan fingerprint density at radius 2 is 1.83 bits per heavy atom. The first kappa shape index (κ1) is 13.4. The summed E-state index contributed by atoms with van der Waals surface area (Å²) in [7, 11) is 0. The van der Waals surface area contributed by atoms with Crippen molar-refractivity contribution in [3.05, 3.63) is 64.4 Å². The topological polar surface area (TPSA) is 20.2 Å². The molecule has 2 aromatic carbocycles. The van der Waals surface area contributed by atoms with Crippen LogP contribution >= 0.6 is 23.4 Å². The van der Waals surface area contributed by atoms with Gasteiger partial charge in [0.2, 0.25) is 0 Å². The molecule has 0 bridgehead atoms. The Balaban J connectivity index is 2.04. The number of halogens is 2. The van der Waals surface area contributed by atoms with Crippen LogP contribution in [0.3, 0.4) is 0 Å². The molecule has 94 valence electrons. The summed E-state index contributed by atoms with van der Waals surface area (Å²) in [6, 6.07) is 12.1. The normalized spacial score (nSPS) is 10.6. The molecule has 0 unspecified atom stereocenters. The van der Waals surface area contributed by atoms with Gasteiger partial charge in [0.1, 0.15) is 5.82 Å². The third kappa shape index (κ3) is 3.48. The molecular formula is C14H12ClFOS. The monoisotopic (exact) mass is 282 g/mol. The van der Waals surface area contributed by atoms with Crippen LogP contribution in [0.5, 0.6) is 0 Å². The lowest BCUT2D eigenvalue weighted by atomic mass is 10.2. The SMILES string of the molecule is OCc1ccc(SCc2cc(Cl)ccc2F)cc1. The predicted octanol–water partition coefficient (Wildman–Crippen LogP) is 4.26. The fourth-order valence-electron chi connectivity index (χ4n) is 1.51. The molecule has 1 nitrogen and oxygen atoms in total. The maximum absolute atomic E-state index is 13.5. The highest BCUT2D eigenvalue weighted by Crippen LogP contribution is 2.26. The molecule has 18 heavy (non-hydrogen) atoms. The highest BCUT2D eigenvalue weighted by atomic mass is 35.5. The summed E-state index contributed by atoms with van der Waals surface area (Å²) in [5.41, 5.74) is 1.46. The molecule has 0 heterocycles. The highest BCUT2D eigenvalue weighted by molar-refractivity contribution is 7.98. The molecule has 0 saturated heterocycles. The van der Waals surface area contributed by atoms with Crippen LogP contribution in [0.25, 0.3) is 0 Å². The van der Waals surface area contributed by atoms with Gasteiger partial charge in [0.25, 0.3) is 0 Å². The molecule has 4 heteroatoms. The number of hydrogen-bond acceptors (Lipinski definition) is 2. The minimum Gasteiger partial charge on any atom is -0.392 e. The second kappa shape index (κ2) is 6.23. The molecule has 0 aliphatic heterocycles. The standard InChI is InChI=1S/C14H12ClFOS/c15-12-3-6-14(16)11(7-12)9-18-13-4-1-10(8-17)2-5-13/h1-7,17H,8-9H2. The Kier molecular flexibility index (Phi) is 4.64. The van der Waals surface area contributed by atoms with E-state index in [1.807, 2.05) is 24.3 Å². The molecular weight excluding hydrogens is 271 g/mol. The van der Waals surface area contributed by atoms with Crippen molar-refractivity contribution in [1.82, 2.24) is 0 Å². The van der Waals surface area contributed by atoms with Gasteiger partial charge in [0.15, 0.2) is 0 Å². The number of aliphatic hydroxyl groups is 1. The second-order valence-electron chi connectivity index (χ2n) is 3.83. The van der Waals surface area contributed by atoms with E-state index in [1.165, 1.54) is 17.8 Å². The van der Waals surface area contributed by atoms with E-state index in [0.29, 0.717) is 16.3 Å². The molecule has 0 amide bonds. The minimum absolute atomic E-state index is 0.0356. The number of benzene rings is 2. The molecule has 0 aromatic heterocycles. The zero-order valence-electron chi connectivity index (χ0n) is 9.57. The average molecular weight is 283 g/mol. The predicted molar refractivity (Wildman–Crippen MR) is 73.3 cm³/mol. The van der Waals surface area contributed by atoms with Gasteiger partial charge >= 0.3 is 0 Å². The highest BCUT2D eigenvalue weighted by Gasteiger charge is 2.04. The summed E-state index contributed by atoms with van der Waals surface area (Å²) in [5.74, 6) is 0.295. The Hall–Kier alpha value is -1.03. The van der Waals surface area contributed by atoms with Crippen molar-refractivity contribution < 1.29 is 9.50 Å². The number of hydrogen-bond donors (Lipinski definition) is 1. The summed E-state index contributed by atoms with van der Waals surface area (Å²) in [4.78, 5) is 1.03. The molecule has 0 atom stereocenters. The molecule has 0 aliphatic carbocycles. The van der Waals surface area contributed by atoms with Gasteiger partial charge in [-0.1, -0.05) is 23.7 Å². The van der Waals surface area contributed by atoms with E-state index in [1.54, 1.807) is 12.1 Å². The van der Waals surface area contributed by atoms with Gasteiger partial charge in [-0.3, -0.25) is 0 Å². The third-order valence-corrected chi connectivity index (χ3v) is 3.80. The van der Waals surface area contributed by atoms with Crippen molar-refractivity contribution in [3.8, 4) is 0 Å².